The van der Waals surface area contributed by atoms with Crippen molar-refractivity contribution in [3.63, 3.8) is 0 Å². The van der Waals surface area contributed by atoms with Gasteiger partial charge in [-0.3, -0.25) is 19.3 Å². The van der Waals surface area contributed by atoms with Crippen molar-refractivity contribution in [3.05, 3.63) is 29.8 Å². The van der Waals surface area contributed by atoms with Crippen molar-refractivity contribution in [2.24, 2.45) is 0 Å². The van der Waals surface area contributed by atoms with Crippen molar-refractivity contribution in [3.8, 4) is 5.75 Å². The van der Waals surface area contributed by atoms with Crippen molar-refractivity contribution in [1.82, 2.24) is 25.3 Å². The zero-order valence-corrected chi connectivity index (χ0v) is 18.9. The van der Waals surface area contributed by atoms with Gasteiger partial charge in [0.25, 0.3) is 5.91 Å². The Morgan fingerprint density at radius 3 is 2.56 bits per heavy atom. The number of nitrogens with one attached hydrogen (secondary N) is 2. The van der Waals surface area contributed by atoms with Crippen LogP contribution in [0.15, 0.2) is 24.3 Å². The summed E-state index contributed by atoms with van der Waals surface area (Å²) in [6.07, 6.45) is 1.77. The Labute approximate surface area is 189 Å². The van der Waals surface area contributed by atoms with Gasteiger partial charge in [0, 0.05) is 63.3 Å². The Hall–Kier alpha value is -2.65. The largest absolute Gasteiger partial charge is 0.497 e. The monoisotopic (exact) mass is 443 g/mol. The summed E-state index contributed by atoms with van der Waals surface area (Å²) in [5.41, 5.74) is 0.564. The molecule has 3 fully saturated rings. The van der Waals surface area contributed by atoms with Gasteiger partial charge in [-0.15, -0.1) is 0 Å². The zero-order chi connectivity index (χ0) is 22.7. The lowest BCUT2D eigenvalue weighted by Crippen LogP contribution is -2.58. The summed E-state index contributed by atoms with van der Waals surface area (Å²) in [7, 11) is 3.66. The molecule has 0 bridgehead atoms. The predicted molar refractivity (Wildman–Crippen MR) is 119 cm³/mol. The van der Waals surface area contributed by atoms with Crippen LogP contribution in [-0.2, 0) is 9.59 Å². The number of carbonyl (C=O) groups is 3. The molecule has 0 saturated carbocycles. The maximum absolute atomic E-state index is 12.7. The van der Waals surface area contributed by atoms with Gasteiger partial charge in [-0.2, -0.15) is 0 Å². The Morgan fingerprint density at radius 2 is 1.88 bits per heavy atom. The lowest BCUT2D eigenvalue weighted by atomic mass is 10.0. The van der Waals surface area contributed by atoms with E-state index in [2.05, 4.69) is 27.5 Å². The van der Waals surface area contributed by atoms with E-state index in [0.717, 1.165) is 26.2 Å². The molecule has 3 aliphatic heterocycles. The summed E-state index contributed by atoms with van der Waals surface area (Å²) in [4.78, 5) is 44.1. The number of rotatable bonds is 6. The fourth-order valence-corrected chi connectivity index (χ4v) is 4.86. The molecule has 9 heteroatoms. The summed E-state index contributed by atoms with van der Waals surface area (Å²) in [6.45, 7) is 4.55. The smallest absolute Gasteiger partial charge is 0.251 e. The number of benzene rings is 1. The molecule has 0 aromatic heterocycles. The van der Waals surface area contributed by atoms with Crippen LogP contribution in [0.25, 0.3) is 0 Å². The van der Waals surface area contributed by atoms with Gasteiger partial charge in [0.1, 0.15) is 5.75 Å². The molecule has 0 aliphatic carbocycles. The minimum atomic E-state index is -0.256. The number of hydrogen-bond donors (Lipinski definition) is 2. The molecule has 174 valence electrons. The third-order valence-electron chi connectivity index (χ3n) is 6.86. The maximum atomic E-state index is 12.7. The van der Waals surface area contributed by atoms with Gasteiger partial charge in [0.05, 0.1) is 13.2 Å². The molecule has 3 heterocycles. The standard InChI is InChI=1S/C23H33N5O4/c1-26-9-11-27(12-10-26)21(29)8-5-18-14-24-23(31)20-13-17(15-28(18)20)25-22(30)16-3-6-19(32-2)7-4-16/h3-4,6-7,17-18,20H,5,8-15H2,1-2H3,(H,24,31)(H,25,30)/t17-,18+,20-/m0/s1. The van der Waals surface area contributed by atoms with Crippen molar-refractivity contribution in [1.29, 1.82) is 0 Å². The molecule has 2 N–H and O–H groups in total. The molecule has 3 aliphatic rings. The Bertz CT molecular complexity index is 837. The maximum Gasteiger partial charge on any atom is 0.251 e. The first-order valence-electron chi connectivity index (χ1n) is 11.4. The second kappa shape index (κ2) is 9.87. The van der Waals surface area contributed by atoms with Crippen LogP contribution in [0, 0.1) is 0 Å². The van der Waals surface area contributed by atoms with Crippen LogP contribution in [0.3, 0.4) is 0 Å². The van der Waals surface area contributed by atoms with E-state index in [0.29, 0.717) is 43.7 Å². The molecule has 3 saturated heterocycles. The Kier molecular flexibility index (Phi) is 6.95. The summed E-state index contributed by atoms with van der Waals surface area (Å²) in [6, 6.07) is 6.73. The minimum Gasteiger partial charge on any atom is -0.497 e. The van der Waals surface area contributed by atoms with Gasteiger partial charge in [-0.05, 0) is 44.2 Å². The van der Waals surface area contributed by atoms with E-state index in [1.807, 2.05) is 4.90 Å². The van der Waals surface area contributed by atoms with Crippen molar-refractivity contribution >= 4 is 17.7 Å². The third-order valence-corrected chi connectivity index (χ3v) is 6.86. The number of fused-ring (bicyclic) bond motifs is 1. The van der Waals surface area contributed by atoms with Gasteiger partial charge < -0.3 is 25.2 Å². The highest BCUT2D eigenvalue weighted by Gasteiger charge is 2.43. The van der Waals surface area contributed by atoms with Crippen LogP contribution in [0.4, 0.5) is 0 Å². The molecule has 0 unspecified atom stereocenters. The van der Waals surface area contributed by atoms with Crippen LogP contribution in [0.5, 0.6) is 5.75 Å². The molecule has 1 aromatic rings. The number of likely N-dealkylation sites (N-methyl/N-ethyl adjacent to an activating group) is 1. The molecule has 3 amide bonds. The van der Waals surface area contributed by atoms with E-state index in [-0.39, 0.29) is 35.8 Å². The van der Waals surface area contributed by atoms with E-state index in [1.54, 1.807) is 31.4 Å². The predicted octanol–water partition coefficient (Wildman–Crippen LogP) is -0.0795. The van der Waals surface area contributed by atoms with E-state index in [1.165, 1.54) is 0 Å². The Balaban J connectivity index is 1.31. The molecule has 1 aromatic carbocycles. The van der Waals surface area contributed by atoms with E-state index < -0.39 is 0 Å². The normalized spacial score (nSPS) is 26.4. The molecule has 9 nitrogen and oxygen atoms in total. The summed E-state index contributed by atoms with van der Waals surface area (Å²) < 4.78 is 5.14. The van der Waals surface area contributed by atoms with Gasteiger partial charge in [-0.1, -0.05) is 0 Å². The van der Waals surface area contributed by atoms with Crippen molar-refractivity contribution in [2.75, 3.05) is 53.4 Å². The third kappa shape index (κ3) is 5.05. The van der Waals surface area contributed by atoms with Gasteiger partial charge in [-0.25, -0.2) is 0 Å². The van der Waals surface area contributed by atoms with Crippen LogP contribution in [-0.4, -0.2) is 104 Å². The van der Waals surface area contributed by atoms with E-state index in [4.69, 9.17) is 4.74 Å². The highest BCUT2D eigenvalue weighted by molar-refractivity contribution is 5.94. The number of piperazine rings is 2. The van der Waals surface area contributed by atoms with Crippen LogP contribution < -0.4 is 15.4 Å². The average Bonchev–Trinajstić information content (AvgIpc) is 3.23. The number of methoxy groups -OCH3 is 1. The van der Waals surface area contributed by atoms with Crippen LogP contribution >= 0.6 is 0 Å². The Morgan fingerprint density at radius 1 is 1.16 bits per heavy atom. The summed E-state index contributed by atoms with van der Waals surface area (Å²) in [5, 5.41) is 6.06. The molecular formula is C23H33N5O4. The quantitative estimate of drug-likeness (QED) is 0.639. The minimum absolute atomic E-state index is 0.00726. The number of ether oxygens (including phenoxy) is 1. The molecule has 4 rings (SSSR count). The average molecular weight is 444 g/mol. The van der Waals surface area contributed by atoms with Crippen LogP contribution in [0.1, 0.15) is 29.6 Å². The molecule has 0 spiro atoms. The topological polar surface area (TPSA) is 94.2 Å². The summed E-state index contributed by atoms with van der Waals surface area (Å²) >= 11 is 0. The molecular weight excluding hydrogens is 410 g/mol. The molecule has 3 atom stereocenters. The van der Waals surface area contributed by atoms with E-state index >= 15 is 0 Å². The first-order chi connectivity index (χ1) is 15.4. The number of hydrogen-bond acceptors (Lipinski definition) is 6. The fraction of sp³-hybridized carbons (Fsp3) is 0.609. The fourth-order valence-electron chi connectivity index (χ4n) is 4.86. The lowest BCUT2D eigenvalue weighted by molar-refractivity contribution is -0.133. The number of carbonyl (C=O) groups excluding carboxylic acids is 3. The number of nitrogens with zero attached hydrogens (tertiary/aromatic N) is 3. The zero-order valence-electron chi connectivity index (χ0n) is 18.9. The molecule has 32 heavy (non-hydrogen) atoms. The SMILES string of the molecule is COc1ccc(C(=O)N[C@H]2C[C@H]3C(=O)NC[C@@H](CCC(=O)N4CCN(C)CC4)N3C2)cc1. The first-order valence-corrected chi connectivity index (χ1v) is 11.4. The second-order valence-electron chi connectivity index (χ2n) is 8.97. The molecule has 0 radical (unpaired) electrons. The highest BCUT2D eigenvalue weighted by atomic mass is 16.5. The highest BCUT2D eigenvalue weighted by Crippen LogP contribution is 2.26. The van der Waals surface area contributed by atoms with Gasteiger partial charge >= 0.3 is 0 Å². The number of amides is 3. The van der Waals surface area contributed by atoms with Crippen molar-refractivity contribution < 1.29 is 19.1 Å². The second-order valence-corrected chi connectivity index (χ2v) is 8.97. The van der Waals surface area contributed by atoms with Crippen molar-refractivity contribution in [2.45, 2.75) is 37.4 Å². The lowest BCUT2D eigenvalue weighted by Gasteiger charge is -2.38. The van der Waals surface area contributed by atoms with Gasteiger partial charge in [0.15, 0.2) is 0 Å². The summed E-state index contributed by atoms with van der Waals surface area (Å²) in [5.74, 6) is 0.743. The van der Waals surface area contributed by atoms with E-state index in [9.17, 15) is 14.4 Å². The van der Waals surface area contributed by atoms with Crippen LogP contribution in [0.2, 0.25) is 0 Å². The van der Waals surface area contributed by atoms with Gasteiger partial charge in [0.2, 0.25) is 11.8 Å². The first kappa shape index (κ1) is 22.5.